The second kappa shape index (κ2) is 5.36. The minimum absolute atomic E-state index is 0.0417. The molecule has 2 rings (SSSR count). The van der Waals surface area contributed by atoms with Crippen LogP contribution in [0.2, 0.25) is 0 Å². The van der Waals surface area contributed by atoms with Gasteiger partial charge in [-0.1, -0.05) is 0 Å². The molecule has 18 heavy (non-hydrogen) atoms. The van der Waals surface area contributed by atoms with Gasteiger partial charge in [-0.05, 0) is 25.1 Å². The van der Waals surface area contributed by atoms with E-state index >= 15 is 0 Å². The summed E-state index contributed by atoms with van der Waals surface area (Å²) < 4.78 is 27.7. The quantitative estimate of drug-likeness (QED) is 0.603. The second-order valence-corrected chi connectivity index (χ2v) is 4.37. The van der Waals surface area contributed by atoms with Crippen molar-refractivity contribution in [1.82, 2.24) is 0 Å². The van der Waals surface area contributed by atoms with Crippen molar-refractivity contribution in [2.75, 3.05) is 5.73 Å². The molecule has 8 nitrogen and oxygen atoms in total. The molecule has 0 spiro atoms. The van der Waals surface area contributed by atoms with Gasteiger partial charge in [-0.3, -0.25) is 5.73 Å². The Balaban J connectivity index is 0.000000184. The molecule has 0 unspecified atom stereocenters. The molecule has 1 aliphatic heterocycles. The standard InChI is InChI=1S/C5H6N2O.C4H5NO4S/c6-5-4(8)2-1-3-7-5;1-3-2-4(6)5-10(7,8)9-3/h1-3,8H,(H2,6,7);2H,1H3,(H,5,6). The molecule has 9 heteroatoms. The molecule has 0 aliphatic carbocycles. The fourth-order valence-electron chi connectivity index (χ4n) is 0.960. The summed E-state index contributed by atoms with van der Waals surface area (Å²) in [5.74, 6) is -0.372. The van der Waals surface area contributed by atoms with Crippen molar-refractivity contribution >= 4 is 22.0 Å². The number of aromatic amines is 1. The van der Waals surface area contributed by atoms with E-state index in [1.54, 1.807) is 12.3 Å². The molecular weight excluding hydrogens is 262 g/mol. The number of H-pyrrole nitrogens is 1. The molecule has 0 atom stereocenters. The summed E-state index contributed by atoms with van der Waals surface area (Å²) in [5.41, 5.74) is 5.21. The highest BCUT2D eigenvalue weighted by Crippen LogP contribution is 2.09. The minimum Gasteiger partial charge on any atom is -0.858 e. The molecule has 98 valence electrons. The zero-order valence-electron chi connectivity index (χ0n) is 9.32. The van der Waals surface area contributed by atoms with Crippen LogP contribution in [-0.4, -0.2) is 19.4 Å². The summed E-state index contributed by atoms with van der Waals surface area (Å²) >= 11 is 0. The Morgan fingerprint density at radius 1 is 1.56 bits per heavy atom. The van der Waals surface area contributed by atoms with E-state index in [0.29, 0.717) is 5.82 Å². The SMILES string of the molecule is CC1=CC([O-])=NS(=O)(=O)O1.Nc1[nH+]cccc1O. The van der Waals surface area contributed by atoms with Gasteiger partial charge in [0.05, 0.1) is 6.20 Å². The molecule has 0 saturated heterocycles. The van der Waals surface area contributed by atoms with Crippen LogP contribution < -0.4 is 15.8 Å². The van der Waals surface area contributed by atoms with E-state index in [9.17, 15) is 13.5 Å². The lowest BCUT2D eigenvalue weighted by Crippen LogP contribution is -2.21. The first-order valence-electron chi connectivity index (χ1n) is 4.65. The van der Waals surface area contributed by atoms with E-state index in [1.165, 1.54) is 13.0 Å². The Labute approximate surface area is 103 Å². The van der Waals surface area contributed by atoms with E-state index in [-0.39, 0.29) is 11.5 Å². The van der Waals surface area contributed by atoms with Gasteiger partial charge in [-0.2, -0.15) is 8.42 Å². The number of nitrogen functional groups attached to an aromatic ring is 1. The summed E-state index contributed by atoms with van der Waals surface area (Å²) in [4.78, 5) is 2.63. The average Bonchev–Trinajstić information content (AvgIpc) is 2.19. The molecule has 4 N–H and O–H groups in total. The number of hydrogen-bond acceptors (Lipinski definition) is 6. The smallest absolute Gasteiger partial charge is 0.427 e. The number of nitrogens with two attached hydrogens (primary N) is 1. The van der Waals surface area contributed by atoms with E-state index in [0.717, 1.165) is 6.08 Å². The van der Waals surface area contributed by atoms with Crippen molar-refractivity contribution in [3.05, 3.63) is 30.2 Å². The number of hydrogen-bond donors (Lipinski definition) is 2. The van der Waals surface area contributed by atoms with Crippen molar-refractivity contribution in [3.8, 4) is 5.75 Å². The van der Waals surface area contributed by atoms with Crippen LogP contribution >= 0.6 is 0 Å². The molecular formula is C9H11N3O5S. The Bertz CT molecular complexity index is 573. The van der Waals surface area contributed by atoms with Gasteiger partial charge in [-0.25, -0.2) is 4.98 Å². The molecule has 0 fully saturated rings. The summed E-state index contributed by atoms with van der Waals surface area (Å²) in [7, 11) is -3.97. The van der Waals surface area contributed by atoms with Crippen molar-refractivity contribution < 1.29 is 27.8 Å². The van der Waals surface area contributed by atoms with Crippen LogP contribution in [0.5, 0.6) is 5.75 Å². The number of rotatable bonds is 0. The third kappa shape index (κ3) is 4.29. The fraction of sp³-hybridized carbons (Fsp3) is 0.111. The molecule has 1 aromatic heterocycles. The zero-order chi connectivity index (χ0) is 13.8. The third-order valence-corrected chi connectivity index (χ3v) is 2.51. The summed E-state index contributed by atoms with van der Waals surface area (Å²) in [6.07, 6.45) is 2.65. The van der Waals surface area contributed by atoms with Gasteiger partial charge in [0.2, 0.25) is 5.75 Å². The Morgan fingerprint density at radius 2 is 2.22 bits per heavy atom. The maximum absolute atomic E-state index is 10.4. The first-order chi connectivity index (χ1) is 8.30. The van der Waals surface area contributed by atoms with E-state index in [4.69, 9.17) is 10.8 Å². The minimum atomic E-state index is -3.97. The maximum Gasteiger partial charge on any atom is 0.427 e. The first kappa shape index (κ1) is 13.8. The summed E-state index contributed by atoms with van der Waals surface area (Å²) in [6.45, 7) is 1.37. The number of allylic oxidation sites excluding steroid dienone is 1. The van der Waals surface area contributed by atoms with Crippen molar-refractivity contribution in [2.24, 2.45) is 4.40 Å². The normalized spacial score (nSPS) is 16.5. The van der Waals surface area contributed by atoms with Crippen LogP contribution in [-0.2, 0) is 14.5 Å². The monoisotopic (exact) mass is 273 g/mol. The lowest BCUT2D eigenvalue weighted by molar-refractivity contribution is -0.361. The van der Waals surface area contributed by atoms with Crippen molar-refractivity contribution in [2.45, 2.75) is 6.92 Å². The van der Waals surface area contributed by atoms with Gasteiger partial charge in [0.15, 0.2) is 0 Å². The number of aromatic nitrogens is 1. The molecule has 0 bridgehead atoms. The van der Waals surface area contributed by atoms with Crippen LogP contribution in [0.25, 0.3) is 0 Å². The Kier molecular flexibility index (Phi) is 4.10. The maximum atomic E-state index is 10.4. The summed E-state index contributed by atoms with van der Waals surface area (Å²) in [5, 5.41) is 19.1. The van der Waals surface area contributed by atoms with Gasteiger partial charge in [-0.15, -0.1) is 4.40 Å². The molecule has 1 aliphatic rings. The van der Waals surface area contributed by atoms with Crippen LogP contribution in [0.4, 0.5) is 5.82 Å². The van der Waals surface area contributed by atoms with Crippen LogP contribution in [0, 0.1) is 0 Å². The van der Waals surface area contributed by atoms with E-state index in [1.807, 2.05) is 0 Å². The molecule has 0 saturated carbocycles. The highest BCUT2D eigenvalue weighted by atomic mass is 32.2. The van der Waals surface area contributed by atoms with Crippen LogP contribution in [0.1, 0.15) is 6.92 Å². The zero-order valence-corrected chi connectivity index (χ0v) is 10.1. The van der Waals surface area contributed by atoms with E-state index in [2.05, 4.69) is 13.6 Å². The molecule has 2 heterocycles. The summed E-state index contributed by atoms with van der Waals surface area (Å²) in [6, 6.07) is 3.19. The predicted octanol–water partition coefficient (Wildman–Crippen LogP) is -1.29. The highest BCUT2D eigenvalue weighted by Gasteiger charge is 2.12. The predicted molar refractivity (Wildman–Crippen MR) is 60.3 cm³/mol. The van der Waals surface area contributed by atoms with Crippen LogP contribution in [0.15, 0.2) is 34.6 Å². The number of pyridine rings is 1. The van der Waals surface area contributed by atoms with Crippen molar-refractivity contribution in [3.63, 3.8) is 0 Å². The van der Waals surface area contributed by atoms with Gasteiger partial charge in [0.25, 0.3) is 0 Å². The largest absolute Gasteiger partial charge is 0.858 e. The van der Waals surface area contributed by atoms with Gasteiger partial charge < -0.3 is 14.4 Å². The number of anilines is 1. The number of aromatic hydroxyl groups is 1. The lowest BCUT2D eigenvalue weighted by Gasteiger charge is -2.12. The second-order valence-electron chi connectivity index (χ2n) is 3.16. The number of nitrogens with zero attached hydrogens (tertiary/aromatic N) is 1. The topological polar surface area (TPSA) is 139 Å². The number of nitrogens with one attached hydrogen (secondary N) is 1. The Hall–Kier alpha value is -2.29. The average molecular weight is 273 g/mol. The van der Waals surface area contributed by atoms with E-state index < -0.39 is 16.2 Å². The molecule has 0 aromatic carbocycles. The van der Waals surface area contributed by atoms with Crippen LogP contribution in [0.3, 0.4) is 0 Å². The first-order valence-corrected chi connectivity index (χ1v) is 6.01. The van der Waals surface area contributed by atoms with Gasteiger partial charge in [0, 0.05) is 5.90 Å². The third-order valence-electron chi connectivity index (χ3n) is 1.63. The van der Waals surface area contributed by atoms with Crippen molar-refractivity contribution in [1.29, 1.82) is 0 Å². The molecule has 0 radical (unpaired) electrons. The Morgan fingerprint density at radius 3 is 2.61 bits per heavy atom. The fourth-order valence-corrected chi connectivity index (χ4v) is 1.65. The molecule has 1 aromatic rings. The van der Waals surface area contributed by atoms with Gasteiger partial charge >= 0.3 is 16.1 Å². The lowest BCUT2D eigenvalue weighted by atomic mass is 10.4. The molecule has 0 amide bonds. The highest BCUT2D eigenvalue weighted by molar-refractivity contribution is 7.85. The van der Waals surface area contributed by atoms with Gasteiger partial charge in [0.1, 0.15) is 5.76 Å².